The minimum atomic E-state index is -0.365. The van der Waals surface area contributed by atoms with Crippen molar-refractivity contribution in [2.45, 2.75) is 0 Å². The molecular weight excluding hydrogens is 222 g/mol. The summed E-state index contributed by atoms with van der Waals surface area (Å²) in [4.78, 5) is 22.8. The highest BCUT2D eigenvalue weighted by Gasteiger charge is 2.15. The van der Waals surface area contributed by atoms with E-state index in [0.717, 1.165) is 4.68 Å². The molecule has 0 radical (unpaired) electrons. The predicted octanol–water partition coefficient (Wildman–Crippen LogP) is 0.392. The summed E-state index contributed by atoms with van der Waals surface area (Å²) < 4.78 is 7.42. The molecule has 0 saturated heterocycles. The number of carbonyl (C=O) groups excluding carboxylic acids is 1. The quantitative estimate of drug-likeness (QED) is 0.719. The van der Waals surface area contributed by atoms with Gasteiger partial charge < -0.3 is 4.74 Å². The van der Waals surface area contributed by atoms with Gasteiger partial charge in [0.2, 0.25) is 0 Å². The van der Waals surface area contributed by atoms with E-state index in [9.17, 15) is 9.59 Å². The highest BCUT2D eigenvalue weighted by Crippen LogP contribution is 2.15. The third-order valence-electron chi connectivity index (χ3n) is 2.38. The molecule has 17 heavy (non-hydrogen) atoms. The molecule has 1 heterocycles. The first-order valence-corrected chi connectivity index (χ1v) is 4.93. The molecule has 0 atom stereocenters. The summed E-state index contributed by atoms with van der Waals surface area (Å²) in [5, 5.41) is 3.91. The van der Waals surface area contributed by atoms with Gasteiger partial charge in [0.05, 0.1) is 12.8 Å². The summed E-state index contributed by atoms with van der Waals surface area (Å²) in [6.07, 6.45) is 0.689. The first kappa shape index (κ1) is 11.1. The van der Waals surface area contributed by atoms with Crippen molar-refractivity contribution in [2.24, 2.45) is 7.05 Å². The molecule has 88 valence electrons. The smallest absolute Gasteiger partial charge is 0.353 e. The molecule has 2 aromatic rings. The van der Waals surface area contributed by atoms with Crippen LogP contribution in [0.25, 0.3) is 5.69 Å². The lowest BCUT2D eigenvalue weighted by molar-refractivity contribution is 0.112. The Hall–Kier alpha value is -2.37. The highest BCUT2D eigenvalue weighted by molar-refractivity contribution is 5.80. The zero-order chi connectivity index (χ0) is 12.4. The highest BCUT2D eigenvalue weighted by atomic mass is 16.5. The van der Waals surface area contributed by atoms with Gasteiger partial charge in [0.15, 0.2) is 6.29 Å². The molecule has 6 heteroatoms. The molecule has 0 fully saturated rings. The van der Waals surface area contributed by atoms with Gasteiger partial charge in [-0.2, -0.15) is 0 Å². The van der Waals surface area contributed by atoms with Crippen LogP contribution in [0.15, 0.2) is 29.1 Å². The van der Waals surface area contributed by atoms with Gasteiger partial charge in [-0.25, -0.2) is 14.0 Å². The lowest BCUT2D eigenvalue weighted by atomic mass is 10.2. The number of carbonyl (C=O) groups is 1. The van der Waals surface area contributed by atoms with Crippen molar-refractivity contribution in [1.82, 2.24) is 14.3 Å². The first-order valence-electron chi connectivity index (χ1n) is 4.93. The average molecular weight is 233 g/mol. The van der Waals surface area contributed by atoms with E-state index < -0.39 is 0 Å². The van der Waals surface area contributed by atoms with Crippen molar-refractivity contribution in [2.75, 3.05) is 7.11 Å². The van der Waals surface area contributed by atoms with Crippen LogP contribution < -0.4 is 10.4 Å². The molecule has 0 aliphatic rings. The normalized spacial score (nSPS) is 10.2. The van der Waals surface area contributed by atoms with Gasteiger partial charge in [-0.1, -0.05) is 12.1 Å². The molecule has 0 N–H and O–H groups in total. The van der Waals surface area contributed by atoms with Gasteiger partial charge in [-0.05, 0) is 12.1 Å². The number of aryl methyl sites for hydroxylation is 1. The molecule has 6 nitrogen and oxygen atoms in total. The number of aldehydes is 1. The van der Waals surface area contributed by atoms with E-state index in [-0.39, 0.29) is 11.7 Å². The minimum Gasteiger partial charge on any atom is -0.467 e. The van der Waals surface area contributed by atoms with Crippen LogP contribution in [0.1, 0.15) is 10.4 Å². The third-order valence-corrected chi connectivity index (χ3v) is 2.38. The Bertz CT molecular complexity index is 613. The number of aromatic nitrogens is 3. The summed E-state index contributed by atoms with van der Waals surface area (Å²) in [5.41, 5.74) is 0.495. The van der Waals surface area contributed by atoms with Gasteiger partial charge >= 0.3 is 11.7 Å². The summed E-state index contributed by atoms with van der Waals surface area (Å²) in [7, 11) is 2.94. The van der Waals surface area contributed by atoms with Gasteiger partial charge in [0, 0.05) is 12.6 Å². The monoisotopic (exact) mass is 233 g/mol. The van der Waals surface area contributed by atoms with Gasteiger partial charge in [0.25, 0.3) is 0 Å². The third kappa shape index (κ3) is 1.73. The molecule has 0 aliphatic carbocycles. The Balaban J connectivity index is 2.76. The average Bonchev–Trinajstić information content (AvgIpc) is 2.65. The molecule has 0 bridgehead atoms. The van der Waals surface area contributed by atoms with E-state index in [2.05, 4.69) is 5.10 Å². The van der Waals surface area contributed by atoms with Crippen molar-refractivity contribution in [1.29, 1.82) is 0 Å². The Kier molecular flexibility index (Phi) is 2.78. The van der Waals surface area contributed by atoms with Crippen molar-refractivity contribution < 1.29 is 9.53 Å². The van der Waals surface area contributed by atoms with E-state index in [4.69, 9.17) is 4.74 Å². The second-order valence-electron chi connectivity index (χ2n) is 3.40. The van der Waals surface area contributed by atoms with E-state index in [1.807, 2.05) is 0 Å². The zero-order valence-corrected chi connectivity index (χ0v) is 9.45. The standard InChI is InChI=1S/C11H11N3O3/c1-13-11(16)14(10(12-13)17-2)9-6-4-3-5-8(9)7-15/h3-7H,1-2H3. The molecule has 1 aromatic heterocycles. The summed E-state index contributed by atoms with van der Waals surface area (Å²) in [5.74, 6) is 0. The lowest BCUT2D eigenvalue weighted by Crippen LogP contribution is -2.22. The largest absolute Gasteiger partial charge is 0.467 e. The summed E-state index contributed by atoms with van der Waals surface area (Å²) in [6.45, 7) is 0. The fourth-order valence-corrected chi connectivity index (χ4v) is 1.57. The molecule has 0 spiro atoms. The van der Waals surface area contributed by atoms with Crippen molar-refractivity contribution >= 4 is 6.29 Å². The van der Waals surface area contributed by atoms with E-state index in [1.165, 1.54) is 18.7 Å². The fourth-order valence-electron chi connectivity index (χ4n) is 1.57. The van der Waals surface area contributed by atoms with Gasteiger partial charge in [0.1, 0.15) is 0 Å². The predicted molar refractivity (Wildman–Crippen MR) is 60.7 cm³/mol. The molecule has 2 rings (SSSR count). The summed E-state index contributed by atoms with van der Waals surface area (Å²) >= 11 is 0. The van der Waals surface area contributed by atoms with Crippen molar-refractivity contribution in [3.8, 4) is 11.7 Å². The SMILES string of the molecule is COc1nn(C)c(=O)n1-c1ccccc1C=O. The number of rotatable bonds is 3. The topological polar surface area (TPSA) is 66.1 Å². The van der Waals surface area contributed by atoms with E-state index >= 15 is 0 Å². The van der Waals surface area contributed by atoms with Crippen LogP contribution in [0.3, 0.4) is 0 Å². The van der Waals surface area contributed by atoms with Gasteiger partial charge in [-0.3, -0.25) is 4.79 Å². The number of para-hydroxylation sites is 1. The van der Waals surface area contributed by atoms with Crippen LogP contribution >= 0.6 is 0 Å². The van der Waals surface area contributed by atoms with Gasteiger partial charge in [-0.15, -0.1) is 5.10 Å². The van der Waals surface area contributed by atoms with Crippen LogP contribution in [-0.2, 0) is 7.05 Å². The second kappa shape index (κ2) is 4.25. The van der Waals surface area contributed by atoms with Crippen LogP contribution in [0.5, 0.6) is 6.01 Å². The lowest BCUT2D eigenvalue weighted by Gasteiger charge is -2.05. The number of nitrogens with zero attached hydrogens (tertiary/aromatic N) is 3. The number of ether oxygens (including phenoxy) is 1. The van der Waals surface area contributed by atoms with Crippen LogP contribution in [0, 0.1) is 0 Å². The molecule has 0 amide bonds. The molecular formula is C11H11N3O3. The Morgan fingerprint density at radius 3 is 2.71 bits per heavy atom. The van der Waals surface area contributed by atoms with E-state index in [1.54, 1.807) is 24.3 Å². The van der Waals surface area contributed by atoms with Crippen LogP contribution in [0.4, 0.5) is 0 Å². The fraction of sp³-hybridized carbons (Fsp3) is 0.182. The maximum atomic E-state index is 11.9. The molecule has 0 saturated carbocycles. The minimum absolute atomic E-state index is 0.145. The van der Waals surface area contributed by atoms with Crippen LogP contribution in [-0.4, -0.2) is 27.7 Å². The number of hydrogen-bond acceptors (Lipinski definition) is 4. The Morgan fingerprint density at radius 1 is 1.35 bits per heavy atom. The van der Waals surface area contributed by atoms with Crippen molar-refractivity contribution in [3.05, 3.63) is 40.3 Å². The van der Waals surface area contributed by atoms with Crippen LogP contribution in [0.2, 0.25) is 0 Å². The van der Waals surface area contributed by atoms with E-state index in [0.29, 0.717) is 17.5 Å². The second-order valence-corrected chi connectivity index (χ2v) is 3.40. The van der Waals surface area contributed by atoms with Crippen molar-refractivity contribution in [3.63, 3.8) is 0 Å². The maximum Gasteiger partial charge on any atom is 0.353 e. The number of benzene rings is 1. The Labute approximate surface area is 97.1 Å². The number of hydrogen-bond donors (Lipinski definition) is 0. The maximum absolute atomic E-state index is 11.9. The first-order chi connectivity index (χ1) is 8.19. The molecule has 0 unspecified atom stereocenters. The summed E-state index contributed by atoms with van der Waals surface area (Å²) in [6, 6.07) is 6.89. The Morgan fingerprint density at radius 2 is 2.06 bits per heavy atom. The molecule has 0 aliphatic heterocycles. The molecule has 1 aromatic carbocycles. The number of methoxy groups -OCH3 is 1. The zero-order valence-electron chi connectivity index (χ0n) is 9.45.